The van der Waals surface area contributed by atoms with Crippen LogP contribution in [-0.4, -0.2) is 37.2 Å². The molecule has 84 valence electrons. The van der Waals surface area contributed by atoms with Crippen LogP contribution in [-0.2, 0) is 4.74 Å². The molecule has 0 atom stereocenters. The quantitative estimate of drug-likeness (QED) is 0.690. The van der Waals surface area contributed by atoms with Crippen LogP contribution in [0.1, 0.15) is 40.0 Å². The van der Waals surface area contributed by atoms with Gasteiger partial charge in [-0.1, -0.05) is 6.92 Å². The zero-order valence-electron chi connectivity index (χ0n) is 10.2. The van der Waals surface area contributed by atoms with Crippen molar-refractivity contribution in [2.45, 2.75) is 45.6 Å². The molecule has 1 heterocycles. The normalized spacial score (nSPS) is 21.4. The number of hydrogen-bond donors (Lipinski definition) is 0. The summed E-state index contributed by atoms with van der Waals surface area (Å²) in [6.45, 7) is 9.98. The van der Waals surface area contributed by atoms with Gasteiger partial charge in [0.25, 0.3) is 0 Å². The van der Waals surface area contributed by atoms with E-state index < -0.39 is 0 Å². The summed E-state index contributed by atoms with van der Waals surface area (Å²) in [5.74, 6) is 0.789. The third-order valence-corrected chi connectivity index (χ3v) is 3.40. The minimum absolute atomic E-state index is 0.0728. The van der Waals surface area contributed by atoms with Crippen molar-refractivity contribution in [2.24, 2.45) is 5.92 Å². The largest absolute Gasteiger partial charge is 0.375 e. The van der Waals surface area contributed by atoms with E-state index in [1.165, 1.54) is 25.9 Å². The fourth-order valence-corrected chi connectivity index (χ4v) is 1.67. The van der Waals surface area contributed by atoms with Gasteiger partial charge in [0, 0.05) is 0 Å². The first kappa shape index (κ1) is 12.0. The van der Waals surface area contributed by atoms with Crippen molar-refractivity contribution in [1.29, 1.82) is 0 Å². The molecule has 14 heavy (non-hydrogen) atoms. The van der Waals surface area contributed by atoms with Gasteiger partial charge in [-0.15, -0.1) is 0 Å². The second-order valence-electron chi connectivity index (χ2n) is 5.17. The van der Waals surface area contributed by atoms with Crippen LogP contribution in [0.25, 0.3) is 0 Å². The highest BCUT2D eigenvalue weighted by atomic mass is 16.5. The Morgan fingerprint density at radius 2 is 1.86 bits per heavy atom. The molecule has 1 fully saturated rings. The summed E-state index contributed by atoms with van der Waals surface area (Å²) in [5.41, 5.74) is 0.0728. The number of piperidine rings is 1. The first-order valence-corrected chi connectivity index (χ1v) is 5.86. The van der Waals surface area contributed by atoms with Gasteiger partial charge in [0.05, 0.1) is 12.2 Å². The maximum atomic E-state index is 5.93. The van der Waals surface area contributed by atoms with E-state index in [1.54, 1.807) is 0 Å². The van der Waals surface area contributed by atoms with Crippen molar-refractivity contribution in [3.63, 3.8) is 0 Å². The molecule has 0 amide bonds. The van der Waals surface area contributed by atoms with E-state index in [4.69, 9.17) is 4.74 Å². The lowest BCUT2D eigenvalue weighted by atomic mass is 9.97. The molecule has 0 saturated carbocycles. The first-order chi connectivity index (χ1) is 6.53. The minimum atomic E-state index is 0.0728. The minimum Gasteiger partial charge on any atom is -0.375 e. The van der Waals surface area contributed by atoms with E-state index in [0.29, 0.717) is 0 Å². The zero-order chi connectivity index (χ0) is 10.6. The van der Waals surface area contributed by atoms with Crippen molar-refractivity contribution in [2.75, 3.05) is 26.7 Å². The summed E-state index contributed by atoms with van der Waals surface area (Å²) in [6, 6.07) is 0. The van der Waals surface area contributed by atoms with Gasteiger partial charge in [-0.25, -0.2) is 0 Å². The van der Waals surface area contributed by atoms with Crippen molar-refractivity contribution in [3.8, 4) is 0 Å². The van der Waals surface area contributed by atoms with Crippen LogP contribution in [0.2, 0.25) is 0 Å². The molecular formula is C12H25NO. The highest BCUT2D eigenvalue weighted by molar-refractivity contribution is 4.72. The third-order valence-electron chi connectivity index (χ3n) is 3.40. The molecule has 2 nitrogen and oxygen atoms in total. The second-order valence-corrected chi connectivity index (χ2v) is 5.17. The van der Waals surface area contributed by atoms with Gasteiger partial charge in [0.1, 0.15) is 0 Å². The van der Waals surface area contributed by atoms with Crippen LogP contribution in [0.15, 0.2) is 0 Å². The standard InChI is InChI=1S/C12H25NO/c1-5-12(2,3)14-10-11-6-8-13(4)9-7-11/h11H,5-10H2,1-4H3. The Labute approximate surface area is 88.6 Å². The molecular weight excluding hydrogens is 174 g/mol. The number of likely N-dealkylation sites (tertiary alicyclic amines) is 1. The van der Waals surface area contributed by atoms with Crippen LogP contribution in [0.4, 0.5) is 0 Å². The topological polar surface area (TPSA) is 12.5 Å². The van der Waals surface area contributed by atoms with E-state index in [-0.39, 0.29) is 5.60 Å². The summed E-state index contributed by atoms with van der Waals surface area (Å²) in [5, 5.41) is 0. The van der Waals surface area contributed by atoms with Crippen molar-refractivity contribution < 1.29 is 4.74 Å². The monoisotopic (exact) mass is 199 g/mol. The smallest absolute Gasteiger partial charge is 0.0624 e. The van der Waals surface area contributed by atoms with Gasteiger partial charge in [0.15, 0.2) is 0 Å². The number of nitrogens with zero attached hydrogens (tertiary/aromatic N) is 1. The Balaban J connectivity index is 2.19. The highest BCUT2D eigenvalue weighted by Crippen LogP contribution is 2.20. The molecule has 0 aliphatic carbocycles. The van der Waals surface area contributed by atoms with Gasteiger partial charge >= 0.3 is 0 Å². The maximum absolute atomic E-state index is 5.93. The van der Waals surface area contributed by atoms with Crippen LogP contribution in [0, 0.1) is 5.92 Å². The SMILES string of the molecule is CCC(C)(C)OCC1CCN(C)CC1. The lowest BCUT2D eigenvalue weighted by Gasteiger charge is -2.32. The average Bonchev–Trinajstić information content (AvgIpc) is 2.17. The Morgan fingerprint density at radius 3 is 2.36 bits per heavy atom. The predicted octanol–water partition coefficient (Wildman–Crippen LogP) is 2.53. The molecule has 1 rings (SSSR count). The first-order valence-electron chi connectivity index (χ1n) is 5.86. The highest BCUT2D eigenvalue weighted by Gasteiger charge is 2.21. The molecule has 1 aliphatic heterocycles. The summed E-state index contributed by atoms with van der Waals surface area (Å²) in [4.78, 5) is 2.40. The zero-order valence-corrected chi connectivity index (χ0v) is 10.2. The molecule has 0 bridgehead atoms. The number of hydrogen-bond acceptors (Lipinski definition) is 2. The van der Waals surface area contributed by atoms with Crippen molar-refractivity contribution in [3.05, 3.63) is 0 Å². The molecule has 0 aromatic heterocycles. The summed E-state index contributed by atoms with van der Waals surface area (Å²) >= 11 is 0. The van der Waals surface area contributed by atoms with Crippen LogP contribution < -0.4 is 0 Å². The molecule has 1 saturated heterocycles. The Bertz CT molecular complexity index is 160. The van der Waals surface area contributed by atoms with Crippen LogP contribution in [0.5, 0.6) is 0 Å². The summed E-state index contributed by atoms with van der Waals surface area (Å²) in [6.07, 6.45) is 3.70. The lowest BCUT2D eigenvalue weighted by molar-refractivity contribution is -0.0454. The average molecular weight is 199 g/mol. The molecule has 0 spiro atoms. The van der Waals surface area contributed by atoms with E-state index in [1.807, 2.05) is 0 Å². The summed E-state index contributed by atoms with van der Waals surface area (Å²) in [7, 11) is 2.20. The van der Waals surface area contributed by atoms with Crippen molar-refractivity contribution in [1.82, 2.24) is 4.90 Å². The predicted molar refractivity (Wildman–Crippen MR) is 60.5 cm³/mol. The van der Waals surface area contributed by atoms with E-state index in [2.05, 4.69) is 32.7 Å². The number of rotatable bonds is 4. The number of ether oxygens (including phenoxy) is 1. The van der Waals surface area contributed by atoms with Crippen LogP contribution in [0.3, 0.4) is 0 Å². The van der Waals surface area contributed by atoms with E-state index in [0.717, 1.165) is 18.9 Å². The third kappa shape index (κ3) is 3.97. The maximum Gasteiger partial charge on any atom is 0.0624 e. The molecule has 2 heteroatoms. The lowest BCUT2D eigenvalue weighted by Crippen LogP contribution is -2.34. The Hall–Kier alpha value is -0.0800. The molecule has 0 aromatic rings. The fourth-order valence-electron chi connectivity index (χ4n) is 1.67. The molecule has 0 radical (unpaired) electrons. The van der Waals surface area contributed by atoms with Gasteiger partial charge < -0.3 is 9.64 Å². The van der Waals surface area contributed by atoms with Gasteiger partial charge in [0.2, 0.25) is 0 Å². The van der Waals surface area contributed by atoms with E-state index in [9.17, 15) is 0 Å². The van der Waals surface area contributed by atoms with E-state index >= 15 is 0 Å². The van der Waals surface area contributed by atoms with Crippen LogP contribution >= 0.6 is 0 Å². The molecule has 0 unspecified atom stereocenters. The van der Waals surface area contributed by atoms with Gasteiger partial charge in [-0.3, -0.25) is 0 Å². The summed E-state index contributed by atoms with van der Waals surface area (Å²) < 4.78 is 5.93. The fraction of sp³-hybridized carbons (Fsp3) is 1.00. The second kappa shape index (κ2) is 5.13. The Kier molecular flexibility index (Phi) is 4.39. The molecule has 1 aliphatic rings. The Morgan fingerprint density at radius 1 is 1.29 bits per heavy atom. The molecule has 0 aromatic carbocycles. The van der Waals surface area contributed by atoms with Gasteiger partial charge in [-0.05, 0) is 59.2 Å². The van der Waals surface area contributed by atoms with Crippen molar-refractivity contribution >= 4 is 0 Å². The van der Waals surface area contributed by atoms with Gasteiger partial charge in [-0.2, -0.15) is 0 Å². The molecule has 0 N–H and O–H groups in total.